The topological polar surface area (TPSA) is 64.1 Å². The zero-order valence-electron chi connectivity index (χ0n) is 15.3. The van der Waals surface area contributed by atoms with Gasteiger partial charge in [-0.25, -0.2) is 0 Å². The number of ether oxygens (including phenoxy) is 3. The molecule has 7 heteroatoms. The van der Waals surface area contributed by atoms with Crippen molar-refractivity contribution in [3.63, 3.8) is 0 Å². The number of halogens is 1. The van der Waals surface area contributed by atoms with Crippen LogP contribution in [0.25, 0.3) is 0 Å². The molecule has 6 nitrogen and oxygen atoms in total. The van der Waals surface area contributed by atoms with Gasteiger partial charge in [-0.2, -0.15) is 0 Å². The fraction of sp³-hybridized carbons (Fsp3) is 0.611. The van der Waals surface area contributed by atoms with Gasteiger partial charge in [0.05, 0.1) is 12.2 Å². The Hall–Kier alpha value is -1.06. The van der Waals surface area contributed by atoms with Gasteiger partial charge < -0.3 is 24.8 Å². The normalized spacial score (nSPS) is 20.0. The van der Waals surface area contributed by atoms with Crippen molar-refractivity contribution in [2.24, 2.45) is 4.99 Å². The maximum atomic E-state index is 5.79. The molecule has 2 N–H and O–H groups in total. The van der Waals surface area contributed by atoms with Crippen LogP contribution in [-0.2, 0) is 16.0 Å². The molecule has 1 heterocycles. The van der Waals surface area contributed by atoms with E-state index in [4.69, 9.17) is 14.2 Å². The third-order valence-corrected chi connectivity index (χ3v) is 4.07. The lowest BCUT2D eigenvalue weighted by atomic mass is 10.0. The molecule has 1 fully saturated rings. The average Bonchev–Trinajstić information content (AvgIpc) is 3.03. The van der Waals surface area contributed by atoms with Gasteiger partial charge in [0.2, 0.25) is 0 Å². The minimum absolute atomic E-state index is 0. The Morgan fingerprint density at radius 2 is 2.16 bits per heavy atom. The molecule has 2 rings (SSSR count). The maximum absolute atomic E-state index is 5.79. The van der Waals surface area contributed by atoms with Crippen molar-refractivity contribution in [3.05, 3.63) is 29.8 Å². The van der Waals surface area contributed by atoms with Crippen molar-refractivity contribution in [2.75, 3.05) is 40.5 Å². The van der Waals surface area contributed by atoms with Gasteiger partial charge in [0.1, 0.15) is 12.4 Å². The first-order valence-electron chi connectivity index (χ1n) is 8.44. The molecule has 1 aliphatic heterocycles. The number of benzene rings is 1. The first-order valence-corrected chi connectivity index (χ1v) is 8.44. The van der Waals surface area contributed by atoms with E-state index in [9.17, 15) is 0 Å². The third kappa shape index (κ3) is 7.79. The zero-order chi connectivity index (χ0) is 17.3. The second kappa shape index (κ2) is 11.5. The Kier molecular flexibility index (Phi) is 10.1. The van der Waals surface area contributed by atoms with Gasteiger partial charge in [-0.15, -0.1) is 24.0 Å². The molecule has 0 bridgehead atoms. The quantitative estimate of drug-likeness (QED) is 0.269. The zero-order valence-corrected chi connectivity index (χ0v) is 17.7. The van der Waals surface area contributed by atoms with Gasteiger partial charge in [-0.1, -0.05) is 12.1 Å². The lowest BCUT2D eigenvalue weighted by Crippen LogP contribution is -2.45. The highest BCUT2D eigenvalue weighted by Gasteiger charge is 2.29. The Bertz CT molecular complexity index is 534. The minimum Gasteiger partial charge on any atom is -0.491 e. The van der Waals surface area contributed by atoms with E-state index in [2.05, 4.69) is 28.6 Å². The molecule has 0 saturated carbocycles. The van der Waals surface area contributed by atoms with Crippen molar-refractivity contribution >= 4 is 29.9 Å². The Morgan fingerprint density at radius 1 is 1.32 bits per heavy atom. The van der Waals surface area contributed by atoms with Crippen molar-refractivity contribution in [1.29, 1.82) is 0 Å². The van der Waals surface area contributed by atoms with E-state index in [1.165, 1.54) is 0 Å². The number of nitrogens with one attached hydrogen (secondary N) is 2. The summed E-state index contributed by atoms with van der Waals surface area (Å²) in [5, 5.41) is 6.67. The lowest BCUT2D eigenvalue weighted by Gasteiger charge is -2.24. The third-order valence-electron chi connectivity index (χ3n) is 4.07. The SMILES string of the molecule is CN=C(NCc1cccc(OCCOC)c1)NCC1(C)CCCO1.I. The summed E-state index contributed by atoms with van der Waals surface area (Å²) in [5.74, 6) is 1.62. The Balaban J connectivity index is 0.00000312. The molecule has 1 aliphatic rings. The van der Waals surface area contributed by atoms with E-state index < -0.39 is 0 Å². The number of hydrogen-bond donors (Lipinski definition) is 2. The van der Waals surface area contributed by atoms with Crippen molar-refractivity contribution in [1.82, 2.24) is 10.6 Å². The molecule has 1 aromatic carbocycles. The molecule has 25 heavy (non-hydrogen) atoms. The number of guanidine groups is 1. The summed E-state index contributed by atoms with van der Waals surface area (Å²) in [6.07, 6.45) is 2.21. The van der Waals surface area contributed by atoms with Gasteiger partial charge in [0.15, 0.2) is 5.96 Å². The van der Waals surface area contributed by atoms with E-state index >= 15 is 0 Å². The molecular formula is C18H30IN3O3. The maximum Gasteiger partial charge on any atom is 0.191 e. The van der Waals surface area contributed by atoms with Gasteiger partial charge >= 0.3 is 0 Å². The van der Waals surface area contributed by atoms with Crippen LogP contribution in [0.4, 0.5) is 0 Å². The van der Waals surface area contributed by atoms with E-state index in [0.717, 1.165) is 43.3 Å². The first kappa shape index (κ1) is 22.0. The summed E-state index contributed by atoms with van der Waals surface area (Å²) < 4.78 is 16.4. The van der Waals surface area contributed by atoms with Crippen molar-refractivity contribution in [3.8, 4) is 5.75 Å². The fourth-order valence-corrected chi connectivity index (χ4v) is 2.64. The summed E-state index contributed by atoms with van der Waals surface area (Å²) in [4.78, 5) is 4.27. The Labute approximate surface area is 167 Å². The predicted octanol–water partition coefficient (Wildman–Crippen LogP) is 2.56. The van der Waals surface area contributed by atoms with Crippen LogP contribution < -0.4 is 15.4 Å². The molecule has 0 spiro atoms. The van der Waals surface area contributed by atoms with Crippen LogP contribution >= 0.6 is 24.0 Å². The van der Waals surface area contributed by atoms with Crippen LogP contribution in [0, 0.1) is 0 Å². The molecule has 0 radical (unpaired) electrons. The van der Waals surface area contributed by atoms with Gasteiger partial charge in [0.25, 0.3) is 0 Å². The molecule has 0 amide bonds. The van der Waals surface area contributed by atoms with Crippen molar-refractivity contribution < 1.29 is 14.2 Å². The van der Waals surface area contributed by atoms with E-state index in [1.807, 2.05) is 18.2 Å². The van der Waals surface area contributed by atoms with Crippen LogP contribution in [0.5, 0.6) is 5.75 Å². The standard InChI is InChI=1S/C18H29N3O3.HI/c1-18(8-5-9-24-18)14-21-17(19-2)20-13-15-6-4-7-16(12-15)23-11-10-22-3;/h4,6-7,12H,5,8-11,13-14H2,1-3H3,(H2,19,20,21);1H. The molecule has 0 aromatic heterocycles. The van der Waals surface area contributed by atoms with Crippen LogP contribution in [0.15, 0.2) is 29.3 Å². The summed E-state index contributed by atoms with van der Waals surface area (Å²) in [7, 11) is 3.44. The van der Waals surface area contributed by atoms with Gasteiger partial charge in [-0.05, 0) is 37.5 Å². The van der Waals surface area contributed by atoms with Crippen LogP contribution in [0.2, 0.25) is 0 Å². The van der Waals surface area contributed by atoms with E-state index in [-0.39, 0.29) is 29.6 Å². The largest absolute Gasteiger partial charge is 0.491 e. The highest BCUT2D eigenvalue weighted by molar-refractivity contribution is 14.0. The van der Waals surface area contributed by atoms with Crippen LogP contribution in [-0.4, -0.2) is 52.1 Å². The number of rotatable bonds is 8. The summed E-state index contributed by atoms with van der Waals surface area (Å²) in [5.41, 5.74) is 1.04. The smallest absolute Gasteiger partial charge is 0.191 e. The van der Waals surface area contributed by atoms with Crippen LogP contribution in [0.1, 0.15) is 25.3 Å². The summed E-state index contributed by atoms with van der Waals surface area (Å²) in [6.45, 7) is 5.56. The fourth-order valence-electron chi connectivity index (χ4n) is 2.64. The predicted molar refractivity (Wildman–Crippen MR) is 111 cm³/mol. The van der Waals surface area contributed by atoms with Gasteiger partial charge in [-0.3, -0.25) is 4.99 Å². The molecule has 1 aromatic rings. The van der Waals surface area contributed by atoms with E-state index in [0.29, 0.717) is 19.8 Å². The molecule has 0 aliphatic carbocycles. The summed E-state index contributed by atoms with van der Waals surface area (Å²) >= 11 is 0. The lowest BCUT2D eigenvalue weighted by molar-refractivity contribution is 0.0243. The molecular weight excluding hydrogens is 433 g/mol. The number of aliphatic imine (C=N–C) groups is 1. The minimum atomic E-state index is -0.0906. The molecule has 142 valence electrons. The van der Waals surface area contributed by atoms with E-state index in [1.54, 1.807) is 14.2 Å². The number of hydrogen-bond acceptors (Lipinski definition) is 4. The monoisotopic (exact) mass is 463 g/mol. The molecule has 1 saturated heterocycles. The van der Waals surface area contributed by atoms with Crippen molar-refractivity contribution in [2.45, 2.75) is 31.9 Å². The molecule has 1 unspecified atom stereocenters. The first-order chi connectivity index (χ1) is 11.6. The van der Waals surface area contributed by atoms with Crippen LogP contribution in [0.3, 0.4) is 0 Å². The highest BCUT2D eigenvalue weighted by atomic mass is 127. The average molecular weight is 463 g/mol. The number of methoxy groups -OCH3 is 1. The number of nitrogens with zero attached hydrogens (tertiary/aromatic N) is 1. The summed E-state index contributed by atoms with van der Waals surface area (Å²) in [6, 6.07) is 8.02. The Morgan fingerprint density at radius 3 is 2.84 bits per heavy atom. The second-order valence-corrected chi connectivity index (χ2v) is 6.17. The molecule has 1 atom stereocenters. The second-order valence-electron chi connectivity index (χ2n) is 6.17. The highest BCUT2D eigenvalue weighted by Crippen LogP contribution is 2.23. The van der Waals surface area contributed by atoms with Gasteiger partial charge in [0, 0.05) is 33.9 Å².